The van der Waals surface area contributed by atoms with Gasteiger partial charge in [0.25, 0.3) is 0 Å². The molecule has 5 nitrogen and oxygen atoms in total. The van der Waals surface area contributed by atoms with Gasteiger partial charge in [0.05, 0.1) is 6.54 Å². The number of rotatable bonds is 6. The van der Waals surface area contributed by atoms with Crippen molar-refractivity contribution in [3.63, 3.8) is 0 Å². The third-order valence-electron chi connectivity index (χ3n) is 5.06. The Kier molecular flexibility index (Phi) is 5.79. The van der Waals surface area contributed by atoms with Crippen molar-refractivity contribution < 1.29 is 0 Å². The van der Waals surface area contributed by atoms with Gasteiger partial charge >= 0.3 is 0 Å². The first kappa shape index (κ1) is 17.7. The number of hydrogen-bond donors (Lipinski definition) is 2. The molecule has 3 aliphatic heterocycles. The highest BCUT2D eigenvalue weighted by Gasteiger charge is 2.31. The molecule has 24 heavy (non-hydrogen) atoms. The standard InChI is InChI=1S/C18H31N5S/c1-4-19-17(21-14-18(2,3)16-6-5-11-24-16)20-12-15-13-22-7-9-23(15)10-8-22/h5-6,11,15H,4,7-10,12-14H2,1-3H3,(H2,19,20,21). The van der Waals surface area contributed by atoms with Crippen molar-refractivity contribution in [2.24, 2.45) is 4.99 Å². The van der Waals surface area contributed by atoms with Crippen molar-refractivity contribution in [1.29, 1.82) is 0 Å². The summed E-state index contributed by atoms with van der Waals surface area (Å²) >= 11 is 1.82. The number of hydrogen-bond acceptors (Lipinski definition) is 4. The van der Waals surface area contributed by atoms with Crippen LogP contribution in [0.3, 0.4) is 0 Å². The normalized spacial score (nSPS) is 27.3. The average Bonchev–Trinajstić information content (AvgIpc) is 3.14. The van der Waals surface area contributed by atoms with Gasteiger partial charge in [0, 0.05) is 62.1 Å². The third-order valence-corrected chi connectivity index (χ3v) is 6.30. The van der Waals surface area contributed by atoms with Crippen LogP contribution >= 0.6 is 11.3 Å². The number of nitrogens with zero attached hydrogens (tertiary/aromatic N) is 3. The van der Waals surface area contributed by atoms with Gasteiger partial charge < -0.3 is 10.6 Å². The Bertz CT molecular complexity index is 532. The lowest BCUT2D eigenvalue weighted by Gasteiger charge is -2.47. The van der Waals surface area contributed by atoms with Crippen LogP contribution in [0.4, 0.5) is 0 Å². The van der Waals surface area contributed by atoms with E-state index in [0.29, 0.717) is 6.04 Å². The summed E-state index contributed by atoms with van der Waals surface area (Å²) in [4.78, 5) is 11.4. The van der Waals surface area contributed by atoms with Crippen molar-refractivity contribution in [3.05, 3.63) is 22.4 Å². The third kappa shape index (κ3) is 4.29. The summed E-state index contributed by atoms with van der Waals surface area (Å²) in [5, 5.41) is 9.11. The minimum Gasteiger partial charge on any atom is -0.357 e. The molecule has 1 aromatic rings. The maximum absolute atomic E-state index is 4.86. The van der Waals surface area contributed by atoms with E-state index in [1.807, 2.05) is 11.3 Å². The lowest BCUT2D eigenvalue weighted by atomic mass is 9.92. The molecule has 1 unspecified atom stereocenters. The molecular weight excluding hydrogens is 318 g/mol. The van der Waals surface area contributed by atoms with Crippen LogP contribution in [0.2, 0.25) is 0 Å². The summed E-state index contributed by atoms with van der Waals surface area (Å²) in [5.41, 5.74) is 0.0790. The average molecular weight is 350 g/mol. The summed E-state index contributed by atoms with van der Waals surface area (Å²) in [6, 6.07) is 4.94. The van der Waals surface area contributed by atoms with Gasteiger partial charge in [-0.3, -0.25) is 14.8 Å². The van der Waals surface area contributed by atoms with E-state index >= 15 is 0 Å². The molecule has 1 aromatic heterocycles. The molecule has 2 N–H and O–H groups in total. The van der Waals surface area contributed by atoms with E-state index in [-0.39, 0.29) is 5.41 Å². The predicted octanol–water partition coefficient (Wildman–Crippen LogP) is 1.58. The van der Waals surface area contributed by atoms with Gasteiger partial charge in [-0.05, 0) is 18.4 Å². The van der Waals surface area contributed by atoms with E-state index in [2.05, 4.69) is 58.7 Å². The minimum absolute atomic E-state index is 0.0790. The van der Waals surface area contributed by atoms with Crippen LogP contribution in [0, 0.1) is 0 Å². The van der Waals surface area contributed by atoms with Gasteiger partial charge in [-0.25, -0.2) is 0 Å². The number of fused-ring (bicyclic) bond motifs is 3. The monoisotopic (exact) mass is 349 g/mol. The molecule has 0 saturated carbocycles. The molecule has 6 heteroatoms. The first-order valence-corrected chi connectivity index (χ1v) is 9.99. The van der Waals surface area contributed by atoms with Crippen molar-refractivity contribution in [1.82, 2.24) is 20.4 Å². The van der Waals surface area contributed by atoms with Gasteiger partial charge in [-0.15, -0.1) is 11.3 Å². The molecule has 4 heterocycles. The van der Waals surface area contributed by atoms with E-state index in [1.54, 1.807) is 0 Å². The molecule has 0 spiro atoms. The van der Waals surface area contributed by atoms with Crippen molar-refractivity contribution >= 4 is 17.3 Å². The molecule has 3 saturated heterocycles. The number of nitrogens with one attached hydrogen (secondary N) is 2. The molecule has 2 bridgehead atoms. The largest absolute Gasteiger partial charge is 0.357 e. The molecule has 0 amide bonds. The van der Waals surface area contributed by atoms with Gasteiger partial charge in [-0.1, -0.05) is 19.9 Å². The zero-order chi connectivity index (χ0) is 17.0. The number of aliphatic imine (C=N–C) groups is 1. The lowest BCUT2D eigenvalue weighted by molar-refractivity contribution is 0.0154. The number of thiophene rings is 1. The molecule has 0 aliphatic carbocycles. The van der Waals surface area contributed by atoms with Crippen LogP contribution in [-0.2, 0) is 5.41 Å². The fourth-order valence-electron chi connectivity index (χ4n) is 3.49. The zero-order valence-electron chi connectivity index (χ0n) is 15.2. The highest BCUT2D eigenvalue weighted by molar-refractivity contribution is 7.10. The van der Waals surface area contributed by atoms with Crippen LogP contribution in [0.25, 0.3) is 0 Å². The maximum atomic E-state index is 4.86. The maximum Gasteiger partial charge on any atom is 0.191 e. The topological polar surface area (TPSA) is 42.9 Å². The van der Waals surface area contributed by atoms with E-state index in [9.17, 15) is 0 Å². The summed E-state index contributed by atoms with van der Waals surface area (Å²) in [7, 11) is 0. The van der Waals surface area contributed by atoms with Crippen LogP contribution in [0.15, 0.2) is 22.5 Å². The summed E-state index contributed by atoms with van der Waals surface area (Å²) in [6.45, 7) is 15.4. The highest BCUT2D eigenvalue weighted by Crippen LogP contribution is 2.27. The molecule has 3 aliphatic rings. The van der Waals surface area contributed by atoms with E-state index in [4.69, 9.17) is 4.99 Å². The number of guanidine groups is 1. The molecule has 3 fully saturated rings. The van der Waals surface area contributed by atoms with Crippen LogP contribution in [0.1, 0.15) is 25.6 Å². The molecular formula is C18H31N5S. The smallest absolute Gasteiger partial charge is 0.191 e. The van der Waals surface area contributed by atoms with Gasteiger partial charge in [0.15, 0.2) is 5.96 Å². The Morgan fingerprint density at radius 1 is 1.29 bits per heavy atom. The highest BCUT2D eigenvalue weighted by atomic mass is 32.1. The molecule has 1 atom stereocenters. The minimum atomic E-state index is 0.0790. The zero-order valence-corrected chi connectivity index (χ0v) is 16.0. The molecule has 0 radical (unpaired) electrons. The van der Waals surface area contributed by atoms with Crippen molar-refractivity contribution in [2.75, 3.05) is 52.4 Å². The van der Waals surface area contributed by atoms with Crippen LogP contribution < -0.4 is 10.6 Å². The first-order chi connectivity index (χ1) is 11.6. The van der Waals surface area contributed by atoms with E-state index in [0.717, 1.165) is 25.6 Å². The first-order valence-electron chi connectivity index (χ1n) is 9.11. The Labute approximate surface area is 150 Å². The Balaban J connectivity index is 1.56. The lowest BCUT2D eigenvalue weighted by Crippen LogP contribution is -2.63. The second-order valence-corrected chi connectivity index (χ2v) is 8.38. The molecule has 134 valence electrons. The SMILES string of the molecule is CCNC(=NCC(C)(C)c1cccs1)NCC1CN2CCN1CC2. The second-order valence-electron chi connectivity index (χ2n) is 7.43. The van der Waals surface area contributed by atoms with Gasteiger partial charge in [0.1, 0.15) is 0 Å². The Hall–Kier alpha value is -1.11. The van der Waals surface area contributed by atoms with Gasteiger partial charge in [0.2, 0.25) is 0 Å². The quantitative estimate of drug-likeness (QED) is 0.604. The summed E-state index contributed by atoms with van der Waals surface area (Å²) in [6.07, 6.45) is 0. The Morgan fingerprint density at radius 2 is 2.08 bits per heavy atom. The van der Waals surface area contributed by atoms with E-state index < -0.39 is 0 Å². The van der Waals surface area contributed by atoms with Crippen LogP contribution in [-0.4, -0.2) is 74.2 Å². The predicted molar refractivity (Wildman–Crippen MR) is 103 cm³/mol. The van der Waals surface area contributed by atoms with Gasteiger partial charge in [-0.2, -0.15) is 0 Å². The Morgan fingerprint density at radius 3 is 2.67 bits per heavy atom. The summed E-state index contributed by atoms with van der Waals surface area (Å²) in [5.74, 6) is 0.944. The van der Waals surface area contributed by atoms with E-state index in [1.165, 1.54) is 37.6 Å². The number of piperazine rings is 3. The van der Waals surface area contributed by atoms with Crippen molar-refractivity contribution in [3.8, 4) is 0 Å². The molecule has 0 aromatic carbocycles. The fraction of sp³-hybridized carbons (Fsp3) is 0.722. The fourth-order valence-corrected chi connectivity index (χ4v) is 4.34. The summed E-state index contributed by atoms with van der Waals surface area (Å²) < 4.78 is 0. The molecule has 4 rings (SSSR count). The van der Waals surface area contributed by atoms with Crippen molar-refractivity contribution in [2.45, 2.75) is 32.2 Å². The van der Waals surface area contributed by atoms with Crippen LogP contribution in [0.5, 0.6) is 0 Å². The second kappa shape index (κ2) is 7.85.